The molecule has 0 radical (unpaired) electrons. The number of carbonyl (C=O) groups is 3. The SMILES string of the molecule is CN(C)C(=O)c1ccc(-c2ccc(C(C)(C)C(=O)N3CCC(c4ccccc4C(=O)O)C3)cc2)cn1. The third kappa shape index (κ3) is 4.87. The highest BCUT2D eigenvalue weighted by atomic mass is 16.4. The second-order valence-electron chi connectivity index (χ2n) is 9.96. The Morgan fingerprint density at radius 1 is 0.972 bits per heavy atom. The van der Waals surface area contributed by atoms with Crippen LogP contribution in [0.15, 0.2) is 66.9 Å². The number of likely N-dealkylation sites (tertiary alicyclic amines) is 1. The van der Waals surface area contributed by atoms with Gasteiger partial charge in [-0.2, -0.15) is 0 Å². The number of benzene rings is 2. The van der Waals surface area contributed by atoms with Crippen LogP contribution >= 0.6 is 0 Å². The highest BCUT2D eigenvalue weighted by Gasteiger charge is 2.38. The Morgan fingerprint density at radius 2 is 1.64 bits per heavy atom. The Morgan fingerprint density at radius 3 is 2.25 bits per heavy atom. The number of carboxylic acids is 1. The van der Waals surface area contributed by atoms with E-state index in [9.17, 15) is 19.5 Å². The number of carbonyl (C=O) groups excluding carboxylic acids is 2. The molecule has 1 aliphatic heterocycles. The van der Waals surface area contributed by atoms with Crippen LogP contribution in [0.25, 0.3) is 11.1 Å². The number of hydrogen-bond donors (Lipinski definition) is 1. The molecule has 3 aromatic rings. The number of aromatic carboxylic acids is 1. The van der Waals surface area contributed by atoms with Gasteiger partial charge in [-0.3, -0.25) is 14.6 Å². The maximum Gasteiger partial charge on any atom is 0.335 e. The van der Waals surface area contributed by atoms with Crippen LogP contribution in [0.1, 0.15) is 58.2 Å². The molecule has 4 rings (SSSR count). The van der Waals surface area contributed by atoms with Crippen molar-refractivity contribution in [3.05, 3.63) is 89.2 Å². The van der Waals surface area contributed by atoms with E-state index in [1.165, 1.54) is 4.90 Å². The molecule has 2 amide bonds. The van der Waals surface area contributed by atoms with Crippen LogP contribution in [0.3, 0.4) is 0 Å². The van der Waals surface area contributed by atoms with E-state index in [-0.39, 0.29) is 17.7 Å². The van der Waals surface area contributed by atoms with E-state index < -0.39 is 11.4 Å². The van der Waals surface area contributed by atoms with Crippen LogP contribution in [-0.2, 0) is 10.2 Å². The third-order valence-corrected chi connectivity index (χ3v) is 6.97. The zero-order valence-corrected chi connectivity index (χ0v) is 21.1. The van der Waals surface area contributed by atoms with Crippen molar-refractivity contribution in [2.24, 2.45) is 0 Å². The molecule has 0 aliphatic carbocycles. The van der Waals surface area contributed by atoms with Gasteiger partial charge in [0.15, 0.2) is 0 Å². The molecule has 7 heteroatoms. The first-order chi connectivity index (χ1) is 17.1. The molecular formula is C29H31N3O4. The van der Waals surface area contributed by atoms with Crippen LogP contribution in [0, 0.1) is 0 Å². The largest absolute Gasteiger partial charge is 0.478 e. The van der Waals surface area contributed by atoms with Gasteiger partial charge in [-0.05, 0) is 49.1 Å². The second kappa shape index (κ2) is 9.93. The standard InChI is InChI=1S/C29H31N3O4/c1-29(2,28(36)32-16-15-21(18-32)23-7-5-6-8-24(23)27(34)35)22-12-9-19(10-13-22)20-11-14-25(30-17-20)26(33)31(3)4/h5-14,17,21H,15-16,18H2,1-4H3,(H,34,35). The van der Waals surface area contributed by atoms with E-state index in [0.29, 0.717) is 24.3 Å². The van der Waals surface area contributed by atoms with Gasteiger partial charge in [0.1, 0.15) is 5.69 Å². The van der Waals surface area contributed by atoms with Gasteiger partial charge in [-0.15, -0.1) is 0 Å². The molecule has 0 bridgehead atoms. The molecule has 1 aliphatic rings. The molecule has 0 spiro atoms. The monoisotopic (exact) mass is 485 g/mol. The summed E-state index contributed by atoms with van der Waals surface area (Å²) in [5, 5.41) is 9.54. The number of hydrogen-bond acceptors (Lipinski definition) is 4. The topological polar surface area (TPSA) is 90.8 Å². The molecule has 1 atom stereocenters. The van der Waals surface area contributed by atoms with Crippen LogP contribution in [-0.4, -0.2) is 64.9 Å². The summed E-state index contributed by atoms with van der Waals surface area (Å²) < 4.78 is 0. The Hall–Kier alpha value is -4.00. The fraction of sp³-hybridized carbons (Fsp3) is 0.310. The van der Waals surface area contributed by atoms with Gasteiger partial charge in [-0.25, -0.2) is 4.79 Å². The van der Waals surface area contributed by atoms with E-state index in [1.807, 2.05) is 61.2 Å². The second-order valence-corrected chi connectivity index (χ2v) is 9.96. The van der Waals surface area contributed by atoms with Gasteiger partial charge in [0, 0.05) is 44.9 Å². The Bertz CT molecular complexity index is 1280. The molecule has 1 unspecified atom stereocenters. The van der Waals surface area contributed by atoms with Crippen LogP contribution in [0.4, 0.5) is 0 Å². The third-order valence-electron chi connectivity index (χ3n) is 6.97. The number of pyridine rings is 1. The summed E-state index contributed by atoms with van der Waals surface area (Å²) in [7, 11) is 3.38. The highest BCUT2D eigenvalue weighted by Crippen LogP contribution is 2.34. The fourth-order valence-electron chi connectivity index (χ4n) is 4.76. The van der Waals surface area contributed by atoms with Gasteiger partial charge in [0.25, 0.3) is 5.91 Å². The average Bonchev–Trinajstić information content (AvgIpc) is 3.38. The molecule has 2 aromatic carbocycles. The van der Waals surface area contributed by atoms with Gasteiger partial charge < -0.3 is 14.9 Å². The molecular weight excluding hydrogens is 454 g/mol. The first-order valence-corrected chi connectivity index (χ1v) is 12.0. The van der Waals surface area contributed by atoms with E-state index in [4.69, 9.17) is 0 Å². The summed E-state index contributed by atoms with van der Waals surface area (Å²) in [4.78, 5) is 44.9. The molecule has 0 saturated carbocycles. The maximum absolute atomic E-state index is 13.5. The maximum atomic E-state index is 13.5. The molecule has 2 heterocycles. The summed E-state index contributed by atoms with van der Waals surface area (Å²) in [6.07, 6.45) is 2.42. The summed E-state index contributed by atoms with van der Waals surface area (Å²) in [5.41, 5.74) is 3.49. The molecule has 1 saturated heterocycles. The van der Waals surface area contributed by atoms with Crippen molar-refractivity contribution in [3.8, 4) is 11.1 Å². The van der Waals surface area contributed by atoms with Crippen molar-refractivity contribution >= 4 is 17.8 Å². The van der Waals surface area contributed by atoms with Gasteiger partial charge in [-0.1, -0.05) is 48.5 Å². The number of rotatable bonds is 6. The van der Waals surface area contributed by atoms with E-state index in [2.05, 4.69) is 4.98 Å². The Labute approximate surface area is 211 Å². The summed E-state index contributed by atoms with van der Waals surface area (Å²) in [6, 6.07) is 18.5. The average molecular weight is 486 g/mol. The number of carboxylic acid groups (broad SMARTS) is 1. The minimum Gasteiger partial charge on any atom is -0.478 e. The number of amides is 2. The van der Waals surface area contributed by atoms with Crippen molar-refractivity contribution in [1.82, 2.24) is 14.8 Å². The minimum atomic E-state index is -0.940. The van der Waals surface area contributed by atoms with E-state index in [0.717, 1.165) is 28.7 Å². The van der Waals surface area contributed by atoms with Crippen molar-refractivity contribution < 1.29 is 19.5 Å². The van der Waals surface area contributed by atoms with Crippen molar-refractivity contribution in [2.75, 3.05) is 27.2 Å². The molecule has 36 heavy (non-hydrogen) atoms. The van der Waals surface area contributed by atoms with Crippen LogP contribution in [0.5, 0.6) is 0 Å². The highest BCUT2D eigenvalue weighted by molar-refractivity contribution is 5.92. The summed E-state index contributed by atoms with van der Waals surface area (Å²) in [5.74, 6) is -1.05. The lowest BCUT2D eigenvalue weighted by atomic mass is 9.82. The first kappa shape index (κ1) is 25.1. The predicted octanol–water partition coefficient (Wildman–Crippen LogP) is 4.44. The molecule has 1 N–H and O–H groups in total. The van der Waals surface area contributed by atoms with Gasteiger partial charge >= 0.3 is 5.97 Å². The van der Waals surface area contributed by atoms with E-state index in [1.54, 1.807) is 38.5 Å². The number of nitrogens with zero attached hydrogens (tertiary/aromatic N) is 3. The molecule has 7 nitrogen and oxygen atoms in total. The van der Waals surface area contributed by atoms with Gasteiger partial charge in [0.05, 0.1) is 11.0 Å². The first-order valence-electron chi connectivity index (χ1n) is 12.0. The van der Waals surface area contributed by atoms with Crippen molar-refractivity contribution in [3.63, 3.8) is 0 Å². The normalized spacial score (nSPS) is 15.6. The van der Waals surface area contributed by atoms with Gasteiger partial charge in [0.2, 0.25) is 5.91 Å². The lowest BCUT2D eigenvalue weighted by molar-refractivity contribution is -0.135. The lowest BCUT2D eigenvalue weighted by Gasteiger charge is -2.30. The Balaban J connectivity index is 1.48. The quantitative estimate of drug-likeness (QED) is 0.557. The number of aromatic nitrogens is 1. The smallest absolute Gasteiger partial charge is 0.335 e. The lowest BCUT2D eigenvalue weighted by Crippen LogP contribution is -2.42. The molecule has 186 valence electrons. The zero-order valence-electron chi connectivity index (χ0n) is 21.1. The minimum absolute atomic E-state index is 0.00859. The Kier molecular flexibility index (Phi) is 6.93. The summed E-state index contributed by atoms with van der Waals surface area (Å²) >= 11 is 0. The van der Waals surface area contributed by atoms with Crippen molar-refractivity contribution in [2.45, 2.75) is 31.6 Å². The zero-order chi connectivity index (χ0) is 26.0. The van der Waals surface area contributed by atoms with Crippen LogP contribution < -0.4 is 0 Å². The summed E-state index contributed by atoms with van der Waals surface area (Å²) in [6.45, 7) is 4.95. The van der Waals surface area contributed by atoms with Crippen molar-refractivity contribution in [1.29, 1.82) is 0 Å². The molecule has 1 aromatic heterocycles. The van der Waals surface area contributed by atoms with E-state index >= 15 is 0 Å². The van der Waals surface area contributed by atoms with Crippen LogP contribution in [0.2, 0.25) is 0 Å². The predicted molar refractivity (Wildman–Crippen MR) is 138 cm³/mol. The fourth-order valence-corrected chi connectivity index (χ4v) is 4.76. The molecule has 1 fully saturated rings.